The second-order valence-electron chi connectivity index (χ2n) is 4.36. The molecule has 0 heterocycles. The van der Waals surface area contributed by atoms with E-state index in [4.69, 9.17) is 10.4 Å². The van der Waals surface area contributed by atoms with Gasteiger partial charge in [0.2, 0.25) is 0 Å². The summed E-state index contributed by atoms with van der Waals surface area (Å²) in [6, 6.07) is 9.11. The van der Waals surface area contributed by atoms with Crippen molar-refractivity contribution >= 4 is 15.7 Å². The van der Waals surface area contributed by atoms with E-state index in [2.05, 4.69) is 4.72 Å². The quantitative estimate of drug-likeness (QED) is 0.853. The molecule has 0 saturated carbocycles. The molecule has 0 radical (unpaired) electrons. The zero-order chi connectivity index (χ0) is 15.6. The first-order valence-electron chi connectivity index (χ1n) is 5.85. The minimum Gasteiger partial charge on any atom is -0.508 e. The second kappa shape index (κ2) is 5.42. The molecule has 2 aromatic carbocycles. The Balaban J connectivity index is 2.41. The molecule has 108 valence electrons. The van der Waals surface area contributed by atoms with Gasteiger partial charge in [-0.05, 0) is 42.8 Å². The smallest absolute Gasteiger partial charge is 0.262 e. The van der Waals surface area contributed by atoms with E-state index < -0.39 is 15.8 Å². The van der Waals surface area contributed by atoms with Crippen LogP contribution in [0.2, 0.25) is 0 Å². The van der Waals surface area contributed by atoms with Crippen LogP contribution in [-0.4, -0.2) is 13.5 Å². The monoisotopic (exact) mass is 306 g/mol. The number of nitrogens with zero attached hydrogens (tertiary/aromatic N) is 1. The van der Waals surface area contributed by atoms with Gasteiger partial charge in [-0.25, -0.2) is 12.8 Å². The van der Waals surface area contributed by atoms with Crippen molar-refractivity contribution in [2.45, 2.75) is 11.8 Å². The Labute approximate surface area is 121 Å². The Kier molecular flexibility index (Phi) is 3.82. The summed E-state index contributed by atoms with van der Waals surface area (Å²) in [6.45, 7) is 1.54. The average Bonchev–Trinajstić information content (AvgIpc) is 2.41. The summed E-state index contributed by atoms with van der Waals surface area (Å²) in [5, 5.41) is 17.9. The largest absolute Gasteiger partial charge is 0.508 e. The van der Waals surface area contributed by atoms with Crippen molar-refractivity contribution in [1.29, 1.82) is 5.26 Å². The number of sulfonamides is 1. The summed E-state index contributed by atoms with van der Waals surface area (Å²) in [6.07, 6.45) is 0. The Bertz CT molecular complexity index is 842. The van der Waals surface area contributed by atoms with E-state index in [9.17, 15) is 12.8 Å². The molecule has 0 fully saturated rings. The molecule has 0 aliphatic rings. The predicted octanol–water partition coefficient (Wildman–Crippen LogP) is 2.51. The number of nitriles is 1. The molecule has 21 heavy (non-hydrogen) atoms. The van der Waals surface area contributed by atoms with Gasteiger partial charge in [-0.2, -0.15) is 5.26 Å². The summed E-state index contributed by atoms with van der Waals surface area (Å²) in [5.41, 5.74) is 0.444. The van der Waals surface area contributed by atoms with Crippen LogP contribution in [0.4, 0.5) is 10.1 Å². The molecule has 0 unspecified atom stereocenters. The molecular formula is C14H11FN2O3S. The molecule has 0 aliphatic carbocycles. The third kappa shape index (κ3) is 3.12. The zero-order valence-corrected chi connectivity index (χ0v) is 11.8. The van der Waals surface area contributed by atoms with Gasteiger partial charge in [-0.3, -0.25) is 4.72 Å². The number of aryl methyl sites for hydroxylation is 1. The fourth-order valence-corrected chi connectivity index (χ4v) is 3.10. The molecule has 0 atom stereocenters. The van der Waals surface area contributed by atoms with E-state index in [1.807, 2.05) is 6.07 Å². The Morgan fingerprint density at radius 1 is 1.24 bits per heavy atom. The summed E-state index contributed by atoms with van der Waals surface area (Å²) in [4.78, 5) is -0.0472. The van der Waals surface area contributed by atoms with Gasteiger partial charge in [0.25, 0.3) is 10.0 Å². The van der Waals surface area contributed by atoms with Crippen molar-refractivity contribution in [3.8, 4) is 11.8 Å². The molecule has 0 bridgehead atoms. The molecule has 7 heteroatoms. The average molecular weight is 306 g/mol. The molecule has 0 saturated heterocycles. The SMILES string of the molecule is Cc1cc(C#N)ccc1S(=O)(=O)Nc1ccc(O)cc1F. The van der Waals surface area contributed by atoms with Crippen LogP contribution in [-0.2, 0) is 10.0 Å². The standard InChI is InChI=1S/C14H11FN2O3S/c1-9-6-10(8-16)2-5-14(9)21(19,20)17-13-4-3-11(18)7-12(13)15/h2-7,17-18H,1H3. The van der Waals surface area contributed by atoms with Crippen molar-refractivity contribution in [3.05, 3.63) is 53.3 Å². The van der Waals surface area contributed by atoms with E-state index in [-0.39, 0.29) is 16.3 Å². The molecule has 0 aromatic heterocycles. The molecular weight excluding hydrogens is 295 g/mol. The molecule has 2 rings (SSSR count). The minimum atomic E-state index is -3.99. The van der Waals surface area contributed by atoms with Gasteiger partial charge in [0, 0.05) is 6.07 Å². The first kappa shape index (κ1) is 14.8. The molecule has 5 nitrogen and oxygen atoms in total. The van der Waals surface area contributed by atoms with Crippen molar-refractivity contribution < 1.29 is 17.9 Å². The highest BCUT2D eigenvalue weighted by Gasteiger charge is 2.19. The third-order valence-corrected chi connectivity index (χ3v) is 4.32. The van der Waals surface area contributed by atoms with Gasteiger partial charge in [-0.1, -0.05) is 0 Å². The Hall–Kier alpha value is -2.59. The van der Waals surface area contributed by atoms with Crippen molar-refractivity contribution in [2.75, 3.05) is 4.72 Å². The summed E-state index contributed by atoms with van der Waals surface area (Å²) >= 11 is 0. The number of anilines is 1. The Morgan fingerprint density at radius 2 is 1.95 bits per heavy atom. The van der Waals surface area contributed by atoms with Crippen LogP contribution in [0.5, 0.6) is 5.75 Å². The molecule has 2 N–H and O–H groups in total. The highest BCUT2D eigenvalue weighted by molar-refractivity contribution is 7.92. The first-order valence-corrected chi connectivity index (χ1v) is 7.34. The number of hydrogen-bond donors (Lipinski definition) is 2. The maximum absolute atomic E-state index is 13.6. The molecule has 0 amide bonds. The number of nitrogens with one attached hydrogen (secondary N) is 1. The number of aromatic hydroxyl groups is 1. The second-order valence-corrected chi connectivity index (χ2v) is 6.01. The fraction of sp³-hybridized carbons (Fsp3) is 0.0714. The maximum Gasteiger partial charge on any atom is 0.262 e. The van der Waals surface area contributed by atoms with Gasteiger partial charge in [0.05, 0.1) is 22.2 Å². The lowest BCUT2D eigenvalue weighted by molar-refractivity contribution is 0.469. The van der Waals surface area contributed by atoms with Crippen LogP contribution >= 0.6 is 0 Å². The summed E-state index contributed by atoms with van der Waals surface area (Å²) in [5.74, 6) is -1.19. The molecule has 2 aromatic rings. The topological polar surface area (TPSA) is 90.2 Å². The van der Waals surface area contributed by atoms with Crippen molar-refractivity contribution in [2.24, 2.45) is 0 Å². The number of hydrogen-bond acceptors (Lipinski definition) is 4. The molecule has 0 spiro atoms. The number of rotatable bonds is 3. The highest BCUT2D eigenvalue weighted by atomic mass is 32.2. The normalized spacial score (nSPS) is 10.9. The maximum atomic E-state index is 13.6. The molecule has 0 aliphatic heterocycles. The van der Waals surface area contributed by atoms with Gasteiger partial charge >= 0.3 is 0 Å². The van der Waals surface area contributed by atoms with E-state index in [1.165, 1.54) is 24.3 Å². The van der Waals surface area contributed by atoms with E-state index in [1.54, 1.807) is 6.92 Å². The lowest BCUT2D eigenvalue weighted by Crippen LogP contribution is -2.15. The van der Waals surface area contributed by atoms with Gasteiger partial charge < -0.3 is 5.11 Å². The summed E-state index contributed by atoms with van der Waals surface area (Å²) in [7, 11) is -3.99. The third-order valence-electron chi connectivity index (χ3n) is 2.79. The fourth-order valence-electron chi connectivity index (χ4n) is 1.81. The predicted molar refractivity (Wildman–Crippen MR) is 74.8 cm³/mol. The lowest BCUT2D eigenvalue weighted by Gasteiger charge is -2.11. The van der Waals surface area contributed by atoms with Crippen LogP contribution in [0.25, 0.3) is 0 Å². The van der Waals surface area contributed by atoms with Crippen LogP contribution in [0.1, 0.15) is 11.1 Å². The number of halogens is 1. The highest BCUT2D eigenvalue weighted by Crippen LogP contribution is 2.24. The van der Waals surface area contributed by atoms with E-state index in [0.717, 1.165) is 12.1 Å². The lowest BCUT2D eigenvalue weighted by atomic mass is 10.2. The van der Waals surface area contributed by atoms with Crippen LogP contribution < -0.4 is 4.72 Å². The van der Waals surface area contributed by atoms with E-state index in [0.29, 0.717) is 11.1 Å². The van der Waals surface area contributed by atoms with Crippen molar-refractivity contribution in [1.82, 2.24) is 0 Å². The van der Waals surface area contributed by atoms with Gasteiger partial charge in [0.1, 0.15) is 5.75 Å². The number of benzene rings is 2. The minimum absolute atomic E-state index is 0.0472. The Morgan fingerprint density at radius 3 is 2.52 bits per heavy atom. The van der Waals surface area contributed by atoms with Gasteiger partial charge in [-0.15, -0.1) is 0 Å². The van der Waals surface area contributed by atoms with Crippen LogP contribution in [0, 0.1) is 24.1 Å². The van der Waals surface area contributed by atoms with Gasteiger partial charge in [0.15, 0.2) is 5.82 Å². The van der Waals surface area contributed by atoms with Crippen molar-refractivity contribution in [3.63, 3.8) is 0 Å². The number of phenolic OH excluding ortho intramolecular Hbond substituents is 1. The van der Waals surface area contributed by atoms with Crippen LogP contribution in [0.3, 0.4) is 0 Å². The van der Waals surface area contributed by atoms with Crippen LogP contribution in [0.15, 0.2) is 41.3 Å². The number of phenols is 1. The summed E-state index contributed by atoms with van der Waals surface area (Å²) < 4.78 is 40.2. The van der Waals surface area contributed by atoms with E-state index >= 15 is 0 Å². The zero-order valence-electron chi connectivity index (χ0n) is 11.0. The first-order chi connectivity index (χ1) is 9.83.